The molecule has 0 aliphatic heterocycles. The van der Waals surface area contributed by atoms with Gasteiger partial charge in [-0.05, 0) is 64.0 Å². The average molecular weight is 258 g/mol. The molecule has 0 heterocycles. The molecule has 0 aromatic heterocycles. The van der Waals surface area contributed by atoms with Crippen LogP contribution in [0, 0.1) is 11.8 Å². The maximum atomic E-state index is 11.9. The summed E-state index contributed by atoms with van der Waals surface area (Å²) in [6, 6.07) is 0. The van der Waals surface area contributed by atoms with Gasteiger partial charge in [-0.15, -0.1) is 0 Å². The summed E-state index contributed by atoms with van der Waals surface area (Å²) in [6.45, 7) is 14.0. The lowest BCUT2D eigenvalue weighted by molar-refractivity contribution is -0.119. The lowest BCUT2D eigenvalue weighted by atomic mass is 9.77. The predicted octanol–water partition coefficient (Wildman–Crippen LogP) is 5.02. The molecule has 0 radical (unpaired) electrons. The average Bonchev–Trinajstić information content (AvgIpc) is 2.37. The van der Waals surface area contributed by atoms with E-state index < -0.39 is 0 Å². The van der Waals surface area contributed by atoms with Gasteiger partial charge < -0.3 is 0 Å². The van der Waals surface area contributed by atoms with Crippen LogP contribution in [0.15, 0.2) is 48.1 Å². The Bertz CT molecular complexity index is 419. The summed E-state index contributed by atoms with van der Waals surface area (Å²) in [5.41, 5.74) is 3.83. The summed E-state index contributed by atoms with van der Waals surface area (Å²) in [5.74, 6) is 0.683. The molecule has 0 spiro atoms. The highest BCUT2D eigenvalue weighted by Crippen LogP contribution is 2.32. The zero-order chi connectivity index (χ0) is 14.4. The Morgan fingerprint density at radius 3 is 2.58 bits per heavy atom. The number of carbonyl (C=O) groups excluding carboxylic acids is 1. The number of ketones is 1. The summed E-state index contributed by atoms with van der Waals surface area (Å²) in [4.78, 5) is 11.9. The first-order chi connectivity index (χ1) is 8.97. The second-order valence-corrected chi connectivity index (χ2v) is 5.68. The fraction of sp³-hybridized carbons (Fsp3) is 0.500. The molecule has 1 nitrogen and oxygen atoms in total. The molecule has 104 valence electrons. The van der Waals surface area contributed by atoms with Crippen LogP contribution in [-0.4, -0.2) is 5.78 Å². The Balaban J connectivity index is 2.74. The van der Waals surface area contributed by atoms with Crippen molar-refractivity contribution in [1.82, 2.24) is 0 Å². The normalized spacial score (nSPS) is 21.8. The maximum Gasteiger partial charge on any atom is 0.158 e. The number of carbonyl (C=O) groups is 1. The summed E-state index contributed by atoms with van der Waals surface area (Å²) in [6.07, 6.45) is 9.91. The third-order valence-electron chi connectivity index (χ3n) is 3.96. The Labute approximate surface area is 117 Å². The van der Waals surface area contributed by atoms with Gasteiger partial charge in [0.25, 0.3) is 0 Å². The van der Waals surface area contributed by atoms with Crippen molar-refractivity contribution in [3.63, 3.8) is 0 Å². The Hall–Kier alpha value is -1.37. The molecule has 0 bridgehead atoms. The predicted molar refractivity (Wildman–Crippen MR) is 83.0 cm³/mol. The van der Waals surface area contributed by atoms with E-state index in [4.69, 9.17) is 0 Å². The van der Waals surface area contributed by atoms with Crippen molar-refractivity contribution in [1.29, 1.82) is 0 Å². The molecule has 0 saturated heterocycles. The Kier molecular flexibility index (Phi) is 6.01. The molecule has 0 unspecified atom stereocenters. The quantitative estimate of drug-likeness (QED) is 0.371. The number of hydrogen-bond donors (Lipinski definition) is 0. The van der Waals surface area contributed by atoms with Gasteiger partial charge in [-0.1, -0.05) is 36.5 Å². The minimum Gasteiger partial charge on any atom is -0.295 e. The van der Waals surface area contributed by atoms with Gasteiger partial charge >= 0.3 is 0 Å². The number of hydrogen-bond acceptors (Lipinski definition) is 1. The van der Waals surface area contributed by atoms with Crippen LogP contribution < -0.4 is 0 Å². The molecule has 0 fully saturated rings. The minimum absolute atomic E-state index is 0.131. The van der Waals surface area contributed by atoms with Gasteiger partial charge in [-0.3, -0.25) is 4.79 Å². The van der Waals surface area contributed by atoms with Crippen molar-refractivity contribution < 1.29 is 4.79 Å². The van der Waals surface area contributed by atoms with Crippen molar-refractivity contribution >= 4 is 5.78 Å². The molecular weight excluding hydrogens is 232 g/mol. The van der Waals surface area contributed by atoms with Crippen LogP contribution in [0.4, 0.5) is 0 Å². The first-order valence-corrected chi connectivity index (χ1v) is 7.12. The monoisotopic (exact) mass is 258 g/mol. The third-order valence-corrected chi connectivity index (χ3v) is 3.96. The van der Waals surface area contributed by atoms with E-state index in [-0.39, 0.29) is 11.7 Å². The van der Waals surface area contributed by atoms with E-state index in [0.29, 0.717) is 5.92 Å². The summed E-state index contributed by atoms with van der Waals surface area (Å²) >= 11 is 0. The van der Waals surface area contributed by atoms with Crippen molar-refractivity contribution in [2.75, 3.05) is 0 Å². The van der Waals surface area contributed by atoms with Gasteiger partial charge in [-0.25, -0.2) is 0 Å². The van der Waals surface area contributed by atoms with Crippen LogP contribution in [0.25, 0.3) is 0 Å². The van der Waals surface area contributed by atoms with Crippen LogP contribution >= 0.6 is 0 Å². The lowest BCUT2D eigenvalue weighted by Gasteiger charge is -2.26. The molecule has 1 heteroatoms. The standard InChI is InChI=1S/C18H26O/c1-6-18(19)17-10-8-7-9-15(17)11-12-16(13(2)3)14(4)5/h6-7,9,15,17H,1-2,8,10-12H2,3-5H3/t15-,17+/m0/s1. The topological polar surface area (TPSA) is 17.1 Å². The van der Waals surface area contributed by atoms with Crippen molar-refractivity contribution in [3.8, 4) is 0 Å². The van der Waals surface area contributed by atoms with Crippen molar-refractivity contribution in [2.24, 2.45) is 11.8 Å². The van der Waals surface area contributed by atoms with E-state index in [1.165, 1.54) is 17.2 Å². The molecule has 0 saturated carbocycles. The van der Waals surface area contributed by atoms with Crippen LogP contribution in [0.1, 0.15) is 46.5 Å². The first-order valence-electron chi connectivity index (χ1n) is 7.12. The van der Waals surface area contributed by atoms with Crippen LogP contribution in [0.5, 0.6) is 0 Å². The van der Waals surface area contributed by atoms with Gasteiger partial charge in [0.2, 0.25) is 0 Å². The Morgan fingerprint density at radius 1 is 1.37 bits per heavy atom. The largest absolute Gasteiger partial charge is 0.295 e. The van der Waals surface area contributed by atoms with E-state index in [2.05, 4.69) is 46.1 Å². The van der Waals surface area contributed by atoms with Gasteiger partial charge in [0, 0.05) is 5.92 Å². The highest BCUT2D eigenvalue weighted by atomic mass is 16.1. The smallest absolute Gasteiger partial charge is 0.158 e. The fourth-order valence-corrected chi connectivity index (χ4v) is 2.90. The minimum atomic E-state index is 0.131. The molecule has 0 aromatic carbocycles. The SMILES string of the molecule is C=CC(=O)[C@@H]1CCC=C[C@H]1CCC(C(=C)C)=C(C)C. The zero-order valence-corrected chi connectivity index (χ0v) is 12.5. The van der Waals surface area contributed by atoms with Gasteiger partial charge in [0.15, 0.2) is 5.78 Å². The second-order valence-electron chi connectivity index (χ2n) is 5.68. The molecule has 1 rings (SSSR count). The summed E-state index contributed by atoms with van der Waals surface area (Å²) in [7, 11) is 0. The molecular formula is C18H26O. The number of rotatable bonds is 6. The van der Waals surface area contributed by atoms with E-state index in [0.717, 1.165) is 31.3 Å². The third kappa shape index (κ3) is 4.34. The second kappa shape index (κ2) is 7.28. The van der Waals surface area contributed by atoms with Crippen molar-refractivity contribution in [2.45, 2.75) is 46.5 Å². The van der Waals surface area contributed by atoms with E-state index in [1.54, 1.807) is 0 Å². The van der Waals surface area contributed by atoms with Crippen LogP contribution in [0.2, 0.25) is 0 Å². The van der Waals surface area contributed by atoms with E-state index >= 15 is 0 Å². The number of allylic oxidation sites excluding steroid dienone is 6. The Morgan fingerprint density at radius 2 is 2.05 bits per heavy atom. The van der Waals surface area contributed by atoms with Crippen LogP contribution in [-0.2, 0) is 4.79 Å². The summed E-state index contributed by atoms with van der Waals surface area (Å²) < 4.78 is 0. The van der Waals surface area contributed by atoms with E-state index in [1.807, 2.05) is 0 Å². The van der Waals surface area contributed by atoms with Gasteiger partial charge in [0.1, 0.15) is 0 Å². The molecule has 1 aliphatic rings. The highest BCUT2D eigenvalue weighted by Gasteiger charge is 2.26. The van der Waals surface area contributed by atoms with Crippen molar-refractivity contribution in [3.05, 3.63) is 48.1 Å². The van der Waals surface area contributed by atoms with Gasteiger partial charge in [0.05, 0.1) is 0 Å². The summed E-state index contributed by atoms with van der Waals surface area (Å²) in [5, 5.41) is 0. The molecule has 1 aliphatic carbocycles. The van der Waals surface area contributed by atoms with Gasteiger partial charge in [-0.2, -0.15) is 0 Å². The fourth-order valence-electron chi connectivity index (χ4n) is 2.90. The molecule has 2 atom stereocenters. The molecule has 0 amide bonds. The highest BCUT2D eigenvalue weighted by molar-refractivity contribution is 5.91. The first kappa shape index (κ1) is 15.7. The molecule has 0 aromatic rings. The molecule has 19 heavy (non-hydrogen) atoms. The maximum absolute atomic E-state index is 11.9. The van der Waals surface area contributed by atoms with E-state index in [9.17, 15) is 4.79 Å². The van der Waals surface area contributed by atoms with Crippen LogP contribution in [0.3, 0.4) is 0 Å². The molecule has 0 N–H and O–H groups in total. The lowest BCUT2D eigenvalue weighted by Crippen LogP contribution is -2.23. The zero-order valence-electron chi connectivity index (χ0n) is 12.5.